The first-order valence-corrected chi connectivity index (χ1v) is 8.35. The fourth-order valence-corrected chi connectivity index (χ4v) is 2.50. The molecule has 0 aliphatic heterocycles. The maximum Gasteiger partial charge on any atom is 0.175 e. The van der Waals surface area contributed by atoms with E-state index in [0.29, 0.717) is 11.0 Å². The fraction of sp³-hybridized carbons (Fsp3) is 0.316. The topological polar surface area (TPSA) is 27.3 Å². The molecule has 4 heteroatoms. The first-order chi connectivity index (χ1) is 11.0. The van der Waals surface area contributed by atoms with E-state index in [1.165, 1.54) is 5.56 Å². The summed E-state index contributed by atoms with van der Waals surface area (Å²) in [6, 6.07) is 16.6. The number of hydrogen-bond acceptors (Lipinski definition) is 2. The number of anilines is 3. The third-order valence-electron chi connectivity index (χ3n) is 3.99. The maximum absolute atomic E-state index is 5.38. The summed E-state index contributed by atoms with van der Waals surface area (Å²) in [4.78, 5) is 2.07. The van der Waals surface area contributed by atoms with Crippen LogP contribution in [0.25, 0.3) is 0 Å². The van der Waals surface area contributed by atoms with Gasteiger partial charge in [0.25, 0.3) is 0 Å². The number of nitrogens with one attached hydrogen (secondary N) is 2. The van der Waals surface area contributed by atoms with Crippen LogP contribution in [0.15, 0.2) is 48.5 Å². The SMILES string of the molecule is CCC(C)c1ccc(NC(=S)Nc2ccc(N(C)C)cc2)cc1. The molecule has 2 N–H and O–H groups in total. The summed E-state index contributed by atoms with van der Waals surface area (Å²) in [6.07, 6.45) is 1.15. The monoisotopic (exact) mass is 327 g/mol. The van der Waals surface area contributed by atoms with Gasteiger partial charge in [-0.3, -0.25) is 0 Å². The smallest absolute Gasteiger partial charge is 0.175 e. The lowest BCUT2D eigenvalue weighted by Gasteiger charge is -2.15. The molecule has 0 saturated heterocycles. The minimum absolute atomic E-state index is 0.587. The average molecular weight is 327 g/mol. The zero-order valence-corrected chi connectivity index (χ0v) is 15.1. The van der Waals surface area contributed by atoms with Crippen LogP contribution in [0.5, 0.6) is 0 Å². The van der Waals surface area contributed by atoms with Gasteiger partial charge in [0.2, 0.25) is 0 Å². The summed E-state index contributed by atoms with van der Waals surface area (Å²) in [5.74, 6) is 0.587. The Hall–Kier alpha value is -2.07. The van der Waals surface area contributed by atoms with E-state index in [4.69, 9.17) is 12.2 Å². The minimum Gasteiger partial charge on any atom is -0.378 e. The third kappa shape index (κ3) is 4.96. The van der Waals surface area contributed by atoms with Gasteiger partial charge in [-0.25, -0.2) is 0 Å². The van der Waals surface area contributed by atoms with Crippen LogP contribution in [0.1, 0.15) is 31.7 Å². The van der Waals surface area contributed by atoms with E-state index in [1.807, 2.05) is 26.2 Å². The Labute approximate surface area is 144 Å². The molecule has 0 heterocycles. The molecular formula is C19H25N3S. The lowest BCUT2D eigenvalue weighted by atomic mass is 9.99. The second-order valence-corrected chi connectivity index (χ2v) is 6.36. The Bertz CT molecular complexity index is 633. The summed E-state index contributed by atoms with van der Waals surface area (Å²) in [7, 11) is 4.05. The maximum atomic E-state index is 5.38. The quantitative estimate of drug-likeness (QED) is 0.749. The molecule has 0 saturated carbocycles. The zero-order chi connectivity index (χ0) is 16.8. The second-order valence-electron chi connectivity index (χ2n) is 5.95. The molecule has 122 valence electrons. The van der Waals surface area contributed by atoms with Gasteiger partial charge in [0.15, 0.2) is 5.11 Å². The van der Waals surface area contributed by atoms with Gasteiger partial charge in [0.05, 0.1) is 0 Å². The van der Waals surface area contributed by atoms with E-state index in [-0.39, 0.29) is 0 Å². The van der Waals surface area contributed by atoms with Crippen LogP contribution in [0.2, 0.25) is 0 Å². The van der Waals surface area contributed by atoms with E-state index >= 15 is 0 Å². The first kappa shape index (κ1) is 17.3. The molecule has 0 spiro atoms. The second kappa shape index (κ2) is 7.97. The van der Waals surface area contributed by atoms with Gasteiger partial charge < -0.3 is 15.5 Å². The molecule has 3 nitrogen and oxygen atoms in total. The van der Waals surface area contributed by atoms with Gasteiger partial charge in [-0.15, -0.1) is 0 Å². The van der Waals surface area contributed by atoms with E-state index in [0.717, 1.165) is 23.5 Å². The fourth-order valence-electron chi connectivity index (χ4n) is 2.27. The highest BCUT2D eigenvalue weighted by molar-refractivity contribution is 7.80. The summed E-state index contributed by atoms with van der Waals surface area (Å²) < 4.78 is 0. The highest BCUT2D eigenvalue weighted by Crippen LogP contribution is 2.21. The molecule has 0 aromatic heterocycles. The summed E-state index contributed by atoms with van der Waals surface area (Å²) in [5, 5.41) is 7.02. The van der Waals surface area contributed by atoms with Gasteiger partial charge in [-0.2, -0.15) is 0 Å². The molecule has 0 amide bonds. The lowest BCUT2D eigenvalue weighted by Crippen LogP contribution is -2.19. The molecule has 0 bridgehead atoms. The predicted molar refractivity (Wildman–Crippen MR) is 106 cm³/mol. The van der Waals surface area contributed by atoms with Crippen LogP contribution in [-0.4, -0.2) is 19.2 Å². The Morgan fingerprint density at radius 3 is 1.87 bits per heavy atom. The molecule has 1 unspecified atom stereocenters. The standard InChI is InChI=1S/C19H25N3S/c1-5-14(2)15-6-8-16(9-7-15)20-19(23)21-17-10-12-18(13-11-17)22(3)4/h6-14H,5H2,1-4H3,(H2,20,21,23). The van der Waals surface area contributed by atoms with Crippen LogP contribution in [-0.2, 0) is 0 Å². The number of thiocarbonyl (C=S) groups is 1. The van der Waals surface area contributed by atoms with Crippen molar-refractivity contribution in [2.75, 3.05) is 29.6 Å². The van der Waals surface area contributed by atoms with E-state index in [9.17, 15) is 0 Å². The number of nitrogens with zero attached hydrogens (tertiary/aromatic N) is 1. The molecule has 2 aromatic carbocycles. The minimum atomic E-state index is 0.587. The number of hydrogen-bond donors (Lipinski definition) is 2. The Morgan fingerprint density at radius 2 is 1.43 bits per heavy atom. The number of benzene rings is 2. The van der Waals surface area contributed by atoms with E-state index < -0.39 is 0 Å². The van der Waals surface area contributed by atoms with Gasteiger partial charge in [0, 0.05) is 31.2 Å². The van der Waals surface area contributed by atoms with Crippen molar-refractivity contribution in [1.82, 2.24) is 0 Å². The van der Waals surface area contributed by atoms with Gasteiger partial charge >= 0.3 is 0 Å². The van der Waals surface area contributed by atoms with Crippen LogP contribution >= 0.6 is 12.2 Å². The van der Waals surface area contributed by atoms with Crippen molar-refractivity contribution < 1.29 is 0 Å². The summed E-state index contributed by atoms with van der Waals surface area (Å²) >= 11 is 5.38. The van der Waals surface area contributed by atoms with E-state index in [1.54, 1.807) is 0 Å². The van der Waals surface area contributed by atoms with Gasteiger partial charge in [0.1, 0.15) is 0 Å². The molecule has 0 aliphatic carbocycles. The molecular weight excluding hydrogens is 302 g/mol. The molecule has 0 aliphatic rings. The zero-order valence-electron chi connectivity index (χ0n) is 14.3. The van der Waals surface area contributed by atoms with Crippen LogP contribution in [0.3, 0.4) is 0 Å². The van der Waals surface area contributed by atoms with Gasteiger partial charge in [-0.05, 0) is 66.5 Å². The van der Waals surface area contributed by atoms with Crippen molar-refractivity contribution in [2.24, 2.45) is 0 Å². The number of rotatable bonds is 5. The average Bonchev–Trinajstić information content (AvgIpc) is 2.55. The molecule has 0 radical (unpaired) electrons. The predicted octanol–water partition coefficient (Wildman–Crippen LogP) is 5.08. The molecule has 2 rings (SSSR count). The van der Waals surface area contributed by atoms with Crippen molar-refractivity contribution in [2.45, 2.75) is 26.2 Å². The van der Waals surface area contributed by atoms with Crippen LogP contribution < -0.4 is 15.5 Å². The summed E-state index contributed by atoms with van der Waals surface area (Å²) in [5.41, 5.74) is 4.50. The summed E-state index contributed by atoms with van der Waals surface area (Å²) in [6.45, 7) is 4.45. The van der Waals surface area contributed by atoms with Crippen LogP contribution in [0, 0.1) is 0 Å². The lowest BCUT2D eigenvalue weighted by molar-refractivity contribution is 0.734. The molecule has 23 heavy (non-hydrogen) atoms. The Kier molecular flexibility index (Phi) is 5.99. The highest BCUT2D eigenvalue weighted by atomic mass is 32.1. The van der Waals surface area contributed by atoms with Crippen molar-refractivity contribution >= 4 is 34.4 Å². The van der Waals surface area contributed by atoms with Gasteiger partial charge in [-0.1, -0.05) is 26.0 Å². The molecule has 2 aromatic rings. The first-order valence-electron chi connectivity index (χ1n) is 7.95. The van der Waals surface area contributed by atoms with Crippen molar-refractivity contribution in [3.63, 3.8) is 0 Å². The normalized spacial score (nSPS) is 11.7. The largest absolute Gasteiger partial charge is 0.378 e. The van der Waals surface area contributed by atoms with Crippen molar-refractivity contribution in [1.29, 1.82) is 0 Å². The third-order valence-corrected chi connectivity index (χ3v) is 4.20. The molecule has 1 atom stereocenters. The Morgan fingerprint density at radius 1 is 0.957 bits per heavy atom. The van der Waals surface area contributed by atoms with Crippen molar-refractivity contribution in [3.8, 4) is 0 Å². The Balaban J connectivity index is 1.94. The van der Waals surface area contributed by atoms with Crippen LogP contribution in [0.4, 0.5) is 17.1 Å². The van der Waals surface area contributed by atoms with Crippen molar-refractivity contribution in [3.05, 3.63) is 54.1 Å². The molecule has 0 fully saturated rings. The highest BCUT2D eigenvalue weighted by Gasteiger charge is 2.04. The van der Waals surface area contributed by atoms with E-state index in [2.05, 4.69) is 65.8 Å².